The number of hydrogen-bond donors (Lipinski definition) is 0. The van der Waals surface area contributed by atoms with Crippen molar-refractivity contribution in [2.24, 2.45) is 5.92 Å². The molecule has 1 heterocycles. The molecule has 3 nitrogen and oxygen atoms in total. The van der Waals surface area contributed by atoms with E-state index < -0.39 is 5.82 Å². The second-order valence-electron chi connectivity index (χ2n) is 5.20. The summed E-state index contributed by atoms with van der Waals surface area (Å²) >= 11 is 6.05. The van der Waals surface area contributed by atoms with Crippen molar-refractivity contribution in [2.45, 2.75) is 26.2 Å². The molecule has 5 heteroatoms. The first-order chi connectivity index (χ1) is 9.52. The van der Waals surface area contributed by atoms with Crippen LogP contribution in [-0.2, 0) is 0 Å². The van der Waals surface area contributed by atoms with Crippen molar-refractivity contribution in [1.29, 1.82) is 5.26 Å². The number of nitrogens with zero attached hydrogens (tertiary/aromatic N) is 2. The smallest absolute Gasteiger partial charge is 0.255 e. The van der Waals surface area contributed by atoms with Crippen molar-refractivity contribution in [2.75, 3.05) is 13.1 Å². The van der Waals surface area contributed by atoms with E-state index in [1.54, 1.807) is 11.8 Å². The summed E-state index contributed by atoms with van der Waals surface area (Å²) in [6.45, 7) is 2.78. The van der Waals surface area contributed by atoms with E-state index in [4.69, 9.17) is 16.9 Å². The van der Waals surface area contributed by atoms with Gasteiger partial charge in [0.15, 0.2) is 0 Å². The predicted molar refractivity (Wildman–Crippen MR) is 75.0 cm³/mol. The highest BCUT2D eigenvalue weighted by Crippen LogP contribution is 2.25. The molecule has 1 saturated heterocycles. The van der Waals surface area contributed by atoms with E-state index in [9.17, 15) is 9.18 Å². The van der Waals surface area contributed by atoms with Crippen LogP contribution in [0.4, 0.5) is 4.39 Å². The monoisotopic (exact) mass is 294 g/mol. The summed E-state index contributed by atoms with van der Waals surface area (Å²) in [5.74, 6) is -0.480. The first-order valence-electron chi connectivity index (χ1n) is 6.64. The molecule has 0 aromatic heterocycles. The largest absolute Gasteiger partial charge is 0.338 e. The lowest BCUT2D eigenvalue weighted by atomic mass is 9.95. The number of hydrogen-bond acceptors (Lipinski definition) is 2. The van der Waals surface area contributed by atoms with Crippen LogP contribution in [0, 0.1) is 30.0 Å². The summed E-state index contributed by atoms with van der Waals surface area (Å²) in [6, 6.07) is 4.82. The molecule has 0 bridgehead atoms. The summed E-state index contributed by atoms with van der Waals surface area (Å²) in [6.07, 6.45) is 2.26. The number of aryl methyl sites for hydroxylation is 1. The van der Waals surface area contributed by atoms with Crippen molar-refractivity contribution in [3.8, 4) is 6.07 Å². The van der Waals surface area contributed by atoms with E-state index in [1.807, 2.05) is 0 Å². The van der Waals surface area contributed by atoms with Crippen molar-refractivity contribution < 1.29 is 9.18 Å². The minimum absolute atomic E-state index is 0.201. The molecular formula is C15H16ClFN2O. The molecule has 20 heavy (non-hydrogen) atoms. The number of carbonyl (C=O) groups is 1. The van der Waals surface area contributed by atoms with Gasteiger partial charge in [0, 0.05) is 19.5 Å². The molecule has 0 saturated carbocycles. The van der Waals surface area contributed by atoms with Crippen molar-refractivity contribution >= 4 is 17.5 Å². The van der Waals surface area contributed by atoms with E-state index in [0.717, 1.165) is 12.8 Å². The molecule has 0 spiro atoms. The average Bonchev–Trinajstić information content (AvgIpc) is 2.43. The Morgan fingerprint density at radius 2 is 2.35 bits per heavy atom. The average molecular weight is 295 g/mol. The number of amides is 1. The topological polar surface area (TPSA) is 44.1 Å². The molecule has 0 aliphatic carbocycles. The molecule has 106 valence electrons. The zero-order valence-electron chi connectivity index (χ0n) is 11.3. The quantitative estimate of drug-likeness (QED) is 0.837. The van der Waals surface area contributed by atoms with Gasteiger partial charge in [-0.15, -0.1) is 0 Å². The second kappa shape index (κ2) is 6.23. The Balaban J connectivity index is 2.19. The lowest BCUT2D eigenvalue weighted by Gasteiger charge is -2.32. The summed E-state index contributed by atoms with van der Waals surface area (Å²) in [7, 11) is 0. The first kappa shape index (κ1) is 14.8. The summed E-state index contributed by atoms with van der Waals surface area (Å²) in [5.41, 5.74) is 0.625. The fraction of sp³-hybridized carbons (Fsp3) is 0.467. The van der Waals surface area contributed by atoms with E-state index in [1.165, 1.54) is 12.1 Å². The Morgan fingerprint density at radius 3 is 3.05 bits per heavy atom. The number of benzene rings is 1. The van der Waals surface area contributed by atoms with Gasteiger partial charge in [-0.25, -0.2) is 4.39 Å². The summed E-state index contributed by atoms with van der Waals surface area (Å²) < 4.78 is 13.6. The highest BCUT2D eigenvalue weighted by Gasteiger charge is 2.26. The van der Waals surface area contributed by atoms with Crippen LogP contribution < -0.4 is 0 Å². The normalized spacial score (nSPS) is 18.7. The van der Waals surface area contributed by atoms with Gasteiger partial charge in [-0.3, -0.25) is 4.79 Å². The van der Waals surface area contributed by atoms with Gasteiger partial charge in [-0.2, -0.15) is 5.26 Å². The third-order valence-corrected chi connectivity index (χ3v) is 3.98. The minimum Gasteiger partial charge on any atom is -0.338 e. The summed E-state index contributed by atoms with van der Waals surface area (Å²) in [4.78, 5) is 14.1. The van der Waals surface area contributed by atoms with E-state index in [-0.39, 0.29) is 22.4 Å². The third kappa shape index (κ3) is 3.10. The van der Waals surface area contributed by atoms with Crippen LogP contribution in [0.2, 0.25) is 5.02 Å². The Bertz CT molecular complexity index is 568. The molecule has 1 unspecified atom stereocenters. The second-order valence-corrected chi connectivity index (χ2v) is 5.61. The number of carbonyl (C=O) groups excluding carboxylic acids is 1. The number of halogens is 2. The van der Waals surface area contributed by atoms with Crippen LogP contribution in [-0.4, -0.2) is 23.9 Å². The Kier molecular flexibility index (Phi) is 4.61. The standard InChI is InChI=1S/C15H16ClFN2O/c1-10-7-13(16)12(8-14(10)17)15(20)19-6-2-3-11(9-19)4-5-18/h7-8,11H,2-4,6,9H2,1H3. The molecule has 1 aliphatic rings. The zero-order chi connectivity index (χ0) is 14.7. The Morgan fingerprint density at radius 1 is 1.60 bits per heavy atom. The number of piperidine rings is 1. The zero-order valence-corrected chi connectivity index (χ0v) is 12.1. The molecule has 0 radical (unpaired) electrons. The van der Waals surface area contributed by atoms with Gasteiger partial charge in [0.05, 0.1) is 16.7 Å². The fourth-order valence-electron chi connectivity index (χ4n) is 2.53. The van der Waals surface area contributed by atoms with Gasteiger partial charge in [0.2, 0.25) is 0 Å². The molecule has 1 amide bonds. The molecule has 1 atom stereocenters. The van der Waals surface area contributed by atoms with Gasteiger partial charge in [0.1, 0.15) is 5.82 Å². The first-order valence-corrected chi connectivity index (χ1v) is 7.02. The number of nitriles is 1. The molecule has 0 N–H and O–H groups in total. The van der Waals surface area contributed by atoms with Gasteiger partial charge < -0.3 is 4.90 Å². The number of rotatable bonds is 2. The van der Waals surface area contributed by atoms with Crippen molar-refractivity contribution in [3.05, 3.63) is 34.1 Å². The highest BCUT2D eigenvalue weighted by atomic mass is 35.5. The third-order valence-electron chi connectivity index (χ3n) is 3.66. The van der Waals surface area contributed by atoms with Gasteiger partial charge >= 0.3 is 0 Å². The molecule has 1 fully saturated rings. The number of likely N-dealkylation sites (tertiary alicyclic amines) is 1. The Labute approximate surface area is 122 Å². The lowest BCUT2D eigenvalue weighted by molar-refractivity contribution is 0.0675. The van der Waals surface area contributed by atoms with Crippen LogP contribution in [0.15, 0.2) is 12.1 Å². The van der Waals surface area contributed by atoms with Crippen LogP contribution >= 0.6 is 11.6 Å². The molecule has 1 aromatic rings. The van der Waals surface area contributed by atoms with Crippen LogP contribution in [0.1, 0.15) is 35.2 Å². The van der Waals surface area contributed by atoms with Crippen molar-refractivity contribution in [1.82, 2.24) is 4.90 Å². The van der Waals surface area contributed by atoms with Crippen molar-refractivity contribution in [3.63, 3.8) is 0 Å². The van der Waals surface area contributed by atoms with Gasteiger partial charge in [0.25, 0.3) is 5.91 Å². The van der Waals surface area contributed by atoms with Crippen LogP contribution in [0.5, 0.6) is 0 Å². The predicted octanol–water partition coefficient (Wildman–Crippen LogP) is 3.55. The Hall–Kier alpha value is -1.60. The SMILES string of the molecule is Cc1cc(Cl)c(C(=O)N2CCCC(CC#N)C2)cc1F. The maximum Gasteiger partial charge on any atom is 0.255 e. The minimum atomic E-state index is -0.427. The highest BCUT2D eigenvalue weighted by molar-refractivity contribution is 6.33. The summed E-state index contributed by atoms with van der Waals surface area (Å²) in [5, 5.41) is 9.02. The molecular weight excluding hydrogens is 279 g/mol. The molecule has 2 rings (SSSR count). The molecule has 1 aromatic carbocycles. The van der Waals surface area contributed by atoms with Crippen LogP contribution in [0.25, 0.3) is 0 Å². The maximum atomic E-state index is 13.6. The van der Waals surface area contributed by atoms with Crippen LogP contribution in [0.3, 0.4) is 0 Å². The van der Waals surface area contributed by atoms with Gasteiger partial charge in [-0.1, -0.05) is 11.6 Å². The fourth-order valence-corrected chi connectivity index (χ4v) is 2.82. The van der Waals surface area contributed by atoms with Gasteiger partial charge in [-0.05, 0) is 43.4 Å². The van der Waals surface area contributed by atoms with E-state index in [2.05, 4.69) is 6.07 Å². The van der Waals surface area contributed by atoms with E-state index >= 15 is 0 Å². The molecule has 1 aliphatic heterocycles. The lowest BCUT2D eigenvalue weighted by Crippen LogP contribution is -2.40. The van der Waals surface area contributed by atoms with E-state index in [0.29, 0.717) is 25.1 Å². The maximum absolute atomic E-state index is 13.6.